The first-order valence-corrected chi connectivity index (χ1v) is 9.96. The van der Waals surface area contributed by atoms with Crippen LogP contribution >= 0.6 is 11.3 Å². The molecule has 27 heavy (non-hydrogen) atoms. The maximum Gasteiger partial charge on any atom is 0.257 e. The second-order valence-electron chi connectivity index (χ2n) is 6.81. The average molecular weight is 373 g/mol. The molecule has 1 atom stereocenters. The van der Waals surface area contributed by atoms with Gasteiger partial charge >= 0.3 is 0 Å². The first kappa shape index (κ1) is 16.4. The lowest BCUT2D eigenvalue weighted by Crippen LogP contribution is -2.33. The number of thiophene rings is 1. The fourth-order valence-corrected chi connectivity index (χ4v) is 4.42. The Bertz CT molecular complexity index is 1030. The molecule has 0 saturated carbocycles. The third-order valence-corrected chi connectivity index (χ3v) is 5.88. The summed E-state index contributed by atoms with van der Waals surface area (Å²) in [6, 6.07) is 23.5. The zero-order valence-electron chi connectivity index (χ0n) is 14.8. The lowest BCUT2D eigenvalue weighted by molar-refractivity contribution is 0.210. The zero-order valence-corrected chi connectivity index (χ0v) is 15.6. The highest BCUT2D eigenvalue weighted by Gasteiger charge is 2.27. The van der Waals surface area contributed by atoms with E-state index >= 15 is 0 Å². The molecule has 0 amide bonds. The van der Waals surface area contributed by atoms with E-state index in [4.69, 9.17) is 4.42 Å². The summed E-state index contributed by atoms with van der Waals surface area (Å²) < 4.78 is 5.91. The van der Waals surface area contributed by atoms with E-state index in [0.29, 0.717) is 24.2 Å². The minimum atomic E-state index is 0.357. The van der Waals surface area contributed by atoms with E-state index in [2.05, 4.69) is 69.7 Å². The van der Waals surface area contributed by atoms with Crippen molar-refractivity contribution in [3.63, 3.8) is 0 Å². The van der Waals surface area contributed by atoms with E-state index in [-0.39, 0.29) is 0 Å². The molecule has 4 aromatic rings. The van der Waals surface area contributed by atoms with Crippen molar-refractivity contribution in [3.8, 4) is 10.8 Å². The summed E-state index contributed by atoms with van der Waals surface area (Å²) in [6.07, 6.45) is 0. The van der Waals surface area contributed by atoms with Gasteiger partial charge in [0.2, 0.25) is 5.89 Å². The van der Waals surface area contributed by atoms with Crippen molar-refractivity contribution in [3.05, 3.63) is 94.7 Å². The molecule has 0 saturated heterocycles. The van der Waals surface area contributed by atoms with E-state index in [0.717, 1.165) is 18.0 Å². The Hall–Kier alpha value is -2.76. The summed E-state index contributed by atoms with van der Waals surface area (Å²) in [4.78, 5) is 3.41. The molecular formula is C22H19N3OS. The highest BCUT2D eigenvalue weighted by molar-refractivity contribution is 7.13. The molecule has 1 unspecified atom stereocenters. The second-order valence-corrected chi connectivity index (χ2v) is 7.76. The van der Waals surface area contributed by atoms with Crippen LogP contribution in [0, 0.1) is 0 Å². The van der Waals surface area contributed by atoms with Crippen LogP contribution in [0.1, 0.15) is 28.5 Å². The van der Waals surface area contributed by atoms with Crippen molar-refractivity contribution >= 4 is 11.3 Å². The molecule has 0 spiro atoms. The number of aromatic nitrogens is 2. The van der Waals surface area contributed by atoms with E-state index in [1.165, 1.54) is 16.7 Å². The lowest BCUT2D eigenvalue weighted by Gasteiger charge is -2.34. The molecule has 0 N–H and O–H groups in total. The molecule has 5 rings (SSSR count). The van der Waals surface area contributed by atoms with Crippen molar-refractivity contribution in [2.24, 2.45) is 0 Å². The van der Waals surface area contributed by atoms with Crippen molar-refractivity contribution < 1.29 is 4.42 Å². The van der Waals surface area contributed by atoms with Gasteiger partial charge in [-0.15, -0.1) is 21.5 Å². The number of rotatable bonds is 4. The molecule has 1 aliphatic heterocycles. The highest BCUT2D eigenvalue weighted by Crippen LogP contribution is 2.34. The third kappa shape index (κ3) is 3.31. The predicted octanol–water partition coefficient (Wildman–Crippen LogP) is 4.95. The van der Waals surface area contributed by atoms with Gasteiger partial charge in [-0.1, -0.05) is 60.7 Å². The summed E-state index contributed by atoms with van der Waals surface area (Å²) in [5.74, 6) is 1.64. The van der Waals surface area contributed by atoms with Crippen LogP contribution in [0.2, 0.25) is 0 Å². The number of benzene rings is 2. The molecule has 0 aliphatic carbocycles. The fraction of sp³-hybridized carbons (Fsp3) is 0.182. The molecule has 0 radical (unpaired) electrons. The van der Waals surface area contributed by atoms with Gasteiger partial charge in [-0.2, -0.15) is 0 Å². The van der Waals surface area contributed by atoms with Crippen molar-refractivity contribution in [2.45, 2.75) is 19.0 Å². The first-order valence-electron chi connectivity index (χ1n) is 9.08. The van der Waals surface area contributed by atoms with Gasteiger partial charge in [0, 0.05) is 19.0 Å². The van der Waals surface area contributed by atoms with Gasteiger partial charge in [-0.05, 0) is 28.1 Å². The summed E-state index contributed by atoms with van der Waals surface area (Å²) in [7, 11) is 0. The normalized spacial score (nSPS) is 17.0. The standard InChI is InChI=1S/C22H19N3OS/c1-2-7-16(8-3-1)19-14-25(13-17-9-4-5-10-18(17)19)15-21-23-24-22(26-21)20-11-6-12-27-20/h1-12,19H,13-15H2. The minimum absolute atomic E-state index is 0.357. The Kier molecular flexibility index (Phi) is 4.32. The smallest absolute Gasteiger partial charge is 0.257 e. The minimum Gasteiger partial charge on any atom is -0.419 e. The molecule has 2 aromatic heterocycles. The molecule has 0 bridgehead atoms. The van der Waals surface area contributed by atoms with Gasteiger partial charge in [0.15, 0.2) is 0 Å². The first-order chi connectivity index (χ1) is 13.4. The Morgan fingerprint density at radius 1 is 0.963 bits per heavy atom. The topological polar surface area (TPSA) is 42.2 Å². The van der Waals surface area contributed by atoms with Gasteiger partial charge in [0.25, 0.3) is 5.89 Å². The highest BCUT2D eigenvalue weighted by atomic mass is 32.1. The summed E-state index contributed by atoms with van der Waals surface area (Å²) in [5, 5.41) is 10.5. The van der Waals surface area contributed by atoms with Crippen LogP contribution in [0.3, 0.4) is 0 Å². The van der Waals surface area contributed by atoms with Crippen LogP contribution in [0.5, 0.6) is 0 Å². The monoisotopic (exact) mass is 373 g/mol. The van der Waals surface area contributed by atoms with Crippen molar-refractivity contribution in [2.75, 3.05) is 6.54 Å². The maximum atomic E-state index is 5.91. The quantitative estimate of drug-likeness (QED) is 0.508. The second kappa shape index (κ2) is 7.10. The molecule has 3 heterocycles. The molecule has 2 aromatic carbocycles. The van der Waals surface area contributed by atoms with E-state index in [9.17, 15) is 0 Å². The number of hydrogen-bond donors (Lipinski definition) is 0. The molecule has 4 nitrogen and oxygen atoms in total. The van der Waals surface area contributed by atoms with Gasteiger partial charge in [0.05, 0.1) is 11.4 Å². The average Bonchev–Trinajstić information content (AvgIpc) is 3.40. The summed E-state index contributed by atoms with van der Waals surface area (Å²) >= 11 is 1.61. The van der Waals surface area contributed by atoms with Crippen LogP contribution < -0.4 is 0 Å². The Morgan fingerprint density at radius 2 is 1.81 bits per heavy atom. The van der Waals surface area contributed by atoms with Crippen LogP contribution in [0.25, 0.3) is 10.8 Å². The van der Waals surface area contributed by atoms with Gasteiger partial charge in [-0.25, -0.2) is 0 Å². The number of nitrogens with zero attached hydrogens (tertiary/aromatic N) is 3. The third-order valence-electron chi connectivity index (χ3n) is 5.02. The molecule has 134 valence electrons. The van der Waals surface area contributed by atoms with Gasteiger partial charge in [-0.3, -0.25) is 4.90 Å². The summed E-state index contributed by atoms with van der Waals surface area (Å²) in [5.41, 5.74) is 4.14. The van der Waals surface area contributed by atoms with E-state index in [1.54, 1.807) is 11.3 Å². The zero-order chi connectivity index (χ0) is 18.1. The van der Waals surface area contributed by atoms with Gasteiger partial charge in [0.1, 0.15) is 0 Å². The lowest BCUT2D eigenvalue weighted by atomic mass is 9.85. The van der Waals surface area contributed by atoms with Crippen molar-refractivity contribution in [1.29, 1.82) is 0 Å². The van der Waals surface area contributed by atoms with E-state index < -0.39 is 0 Å². The predicted molar refractivity (Wildman–Crippen MR) is 106 cm³/mol. The van der Waals surface area contributed by atoms with Crippen LogP contribution in [0.15, 0.2) is 76.5 Å². The maximum absolute atomic E-state index is 5.91. The number of fused-ring (bicyclic) bond motifs is 1. The fourth-order valence-electron chi connectivity index (χ4n) is 3.78. The molecular weight excluding hydrogens is 354 g/mol. The van der Waals surface area contributed by atoms with E-state index in [1.807, 2.05) is 17.5 Å². The van der Waals surface area contributed by atoms with Gasteiger partial charge < -0.3 is 4.42 Å². The molecule has 5 heteroatoms. The largest absolute Gasteiger partial charge is 0.419 e. The van der Waals surface area contributed by atoms with Crippen LogP contribution in [0.4, 0.5) is 0 Å². The SMILES string of the molecule is c1ccc(C2CN(Cc3nnc(-c4cccs4)o3)Cc3ccccc32)cc1. The Labute approximate surface area is 162 Å². The Balaban J connectivity index is 1.41. The van der Waals surface area contributed by atoms with Crippen LogP contribution in [-0.2, 0) is 13.1 Å². The molecule has 0 fully saturated rings. The number of hydrogen-bond acceptors (Lipinski definition) is 5. The van der Waals surface area contributed by atoms with Crippen LogP contribution in [-0.4, -0.2) is 21.6 Å². The summed E-state index contributed by atoms with van der Waals surface area (Å²) in [6.45, 7) is 2.50. The Morgan fingerprint density at radius 3 is 2.67 bits per heavy atom. The van der Waals surface area contributed by atoms with Crippen molar-refractivity contribution in [1.82, 2.24) is 15.1 Å². The molecule has 1 aliphatic rings.